The Morgan fingerprint density at radius 1 is 1.28 bits per heavy atom. The number of oxime groups is 1. The van der Waals surface area contributed by atoms with E-state index in [9.17, 15) is 13.2 Å². The van der Waals surface area contributed by atoms with E-state index in [1.54, 1.807) is 6.92 Å². The lowest BCUT2D eigenvalue weighted by Crippen LogP contribution is -2.36. The maximum Gasteiger partial charge on any atom is 0.335 e. The molecule has 156 valence electrons. The van der Waals surface area contributed by atoms with Crippen LogP contribution in [-0.2, 0) is 26.0 Å². The van der Waals surface area contributed by atoms with Gasteiger partial charge < -0.3 is 18.7 Å². The second-order valence-electron chi connectivity index (χ2n) is 5.59. The molecule has 14 heteroatoms. The molecule has 0 radical (unpaired) electrons. The fourth-order valence-corrected chi connectivity index (χ4v) is 3.61. The van der Waals surface area contributed by atoms with Crippen molar-refractivity contribution in [3.8, 4) is 6.01 Å². The normalized spacial score (nSPS) is 13.7. The number of furan rings is 1. The van der Waals surface area contributed by atoms with Gasteiger partial charge in [-0.05, 0) is 12.1 Å². The summed E-state index contributed by atoms with van der Waals surface area (Å²) in [5, 5.41) is 5.91. The van der Waals surface area contributed by atoms with Gasteiger partial charge in [0.1, 0.15) is 29.4 Å². The predicted octanol–water partition coefficient (Wildman–Crippen LogP) is 0.563. The minimum Gasteiger partial charge on any atom is -0.471 e. The maximum absolute atomic E-state index is 12.8. The summed E-state index contributed by atoms with van der Waals surface area (Å²) in [6, 6.07) is -1.11. The molecule has 0 spiro atoms. The molecular formula is C15H18N6O7S. The van der Waals surface area contributed by atoms with Gasteiger partial charge in [0.05, 0.1) is 12.7 Å². The number of aryl methyl sites for hydroxylation is 2. The van der Waals surface area contributed by atoms with Crippen molar-refractivity contribution in [2.75, 3.05) is 25.6 Å². The van der Waals surface area contributed by atoms with E-state index in [0.717, 1.165) is 6.26 Å². The van der Waals surface area contributed by atoms with Crippen molar-refractivity contribution in [1.82, 2.24) is 19.7 Å². The molecule has 2 N–H and O–H groups in total. The van der Waals surface area contributed by atoms with Gasteiger partial charge in [0.2, 0.25) is 5.95 Å². The summed E-state index contributed by atoms with van der Waals surface area (Å²) in [4.78, 5) is 28.7. The third-order valence-electron chi connectivity index (χ3n) is 3.59. The van der Waals surface area contributed by atoms with Crippen molar-refractivity contribution in [3.63, 3.8) is 0 Å². The number of nitrogens with one attached hydrogen (secondary N) is 2. The highest BCUT2D eigenvalue weighted by Crippen LogP contribution is 2.24. The Balaban J connectivity index is 1.82. The highest BCUT2D eigenvalue weighted by molar-refractivity contribution is 7.90. The second kappa shape index (κ2) is 8.30. The van der Waals surface area contributed by atoms with Gasteiger partial charge in [0.15, 0.2) is 6.61 Å². The number of nitrogens with zero attached hydrogens (tertiary/aromatic N) is 4. The standard InChI is InChI=1S/C15H18N6O7S/c1-4-10-16-13(19-15(17-10)25-3)18-14(22)21-29(23,24)11-8(2)27-7-9(11)12-20-28-6-5-26-12/h7H,4-6H2,1-3H3,(H2,16,17,18,19,21,22). The molecule has 0 aliphatic carbocycles. The molecule has 0 aromatic carbocycles. The molecular weight excluding hydrogens is 408 g/mol. The van der Waals surface area contributed by atoms with Gasteiger partial charge in [0.25, 0.3) is 15.9 Å². The molecule has 0 saturated heterocycles. The Labute approximate surface area is 165 Å². The van der Waals surface area contributed by atoms with Crippen molar-refractivity contribution in [3.05, 3.63) is 23.4 Å². The Hall–Kier alpha value is -3.42. The van der Waals surface area contributed by atoms with E-state index in [2.05, 4.69) is 25.4 Å². The van der Waals surface area contributed by atoms with Crippen LogP contribution < -0.4 is 14.8 Å². The van der Waals surface area contributed by atoms with Gasteiger partial charge in [-0.3, -0.25) is 5.32 Å². The van der Waals surface area contributed by atoms with Crippen LogP contribution in [0.3, 0.4) is 0 Å². The monoisotopic (exact) mass is 426 g/mol. The largest absolute Gasteiger partial charge is 0.471 e. The van der Waals surface area contributed by atoms with Crippen molar-refractivity contribution in [2.45, 2.75) is 25.2 Å². The molecule has 0 unspecified atom stereocenters. The number of carbonyl (C=O) groups excluding carboxylic acids is 1. The van der Waals surface area contributed by atoms with Crippen LogP contribution in [0.4, 0.5) is 10.7 Å². The zero-order valence-corrected chi connectivity index (χ0v) is 16.6. The number of rotatable bonds is 6. The van der Waals surface area contributed by atoms with E-state index in [1.165, 1.54) is 14.0 Å². The van der Waals surface area contributed by atoms with E-state index in [0.29, 0.717) is 12.2 Å². The van der Waals surface area contributed by atoms with E-state index < -0.39 is 16.1 Å². The summed E-state index contributed by atoms with van der Waals surface area (Å²) in [7, 11) is -3.00. The highest BCUT2D eigenvalue weighted by Gasteiger charge is 2.31. The lowest BCUT2D eigenvalue weighted by molar-refractivity contribution is 0.0653. The number of amides is 2. The van der Waals surface area contributed by atoms with Crippen LogP contribution in [0.25, 0.3) is 0 Å². The third-order valence-corrected chi connectivity index (χ3v) is 5.09. The van der Waals surface area contributed by atoms with Crippen LogP contribution in [0.5, 0.6) is 6.01 Å². The van der Waals surface area contributed by atoms with Crippen LogP contribution in [0.2, 0.25) is 0 Å². The lowest BCUT2D eigenvalue weighted by Gasteiger charge is -2.14. The molecule has 1 aliphatic heterocycles. The number of hydrogen-bond donors (Lipinski definition) is 2. The summed E-state index contributed by atoms with van der Waals surface area (Å²) >= 11 is 0. The molecule has 0 bridgehead atoms. The van der Waals surface area contributed by atoms with Gasteiger partial charge >= 0.3 is 12.0 Å². The molecule has 2 aromatic rings. The average Bonchev–Trinajstić information content (AvgIpc) is 3.10. The van der Waals surface area contributed by atoms with E-state index in [4.69, 9.17) is 18.7 Å². The first-order valence-corrected chi connectivity index (χ1v) is 9.86. The topological polar surface area (TPSA) is 167 Å². The molecule has 13 nitrogen and oxygen atoms in total. The van der Waals surface area contributed by atoms with Gasteiger partial charge in [-0.25, -0.2) is 17.9 Å². The third kappa shape index (κ3) is 4.53. The van der Waals surface area contributed by atoms with Crippen LogP contribution in [0, 0.1) is 6.92 Å². The molecule has 1 aliphatic rings. The molecule has 0 fully saturated rings. The summed E-state index contributed by atoms with van der Waals surface area (Å²) in [6.45, 7) is 3.65. The Morgan fingerprint density at radius 3 is 2.72 bits per heavy atom. The van der Waals surface area contributed by atoms with E-state index in [-0.39, 0.29) is 47.3 Å². The van der Waals surface area contributed by atoms with Gasteiger partial charge in [-0.1, -0.05) is 6.92 Å². The summed E-state index contributed by atoms with van der Waals surface area (Å²) in [5.41, 5.74) is 0.0256. The van der Waals surface area contributed by atoms with E-state index in [1.807, 2.05) is 4.72 Å². The Morgan fingerprint density at radius 2 is 2.07 bits per heavy atom. The minimum absolute atomic E-state index is 0.0181. The number of methoxy groups -OCH3 is 1. The molecule has 29 heavy (non-hydrogen) atoms. The number of hydrogen-bond acceptors (Lipinski definition) is 11. The molecule has 3 heterocycles. The zero-order valence-electron chi connectivity index (χ0n) is 15.8. The summed E-state index contributed by atoms with van der Waals surface area (Å²) in [5.74, 6) is 0.158. The minimum atomic E-state index is -4.35. The first-order chi connectivity index (χ1) is 13.8. The summed E-state index contributed by atoms with van der Waals surface area (Å²) < 4.78 is 42.8. The molecule has 0 atom stereocenters. The van der Waals surface area contributed by atoms with Gasteiger partial charge in [0, 0.05) is 6.42 Å². The van der Waals surface area contributed by atoms with Crippen molar-refractivity contribution in [2.24, 2.45) is 5.16 Å². The molecule has 0 saturated carbocycles. The van der Waals surface area contributed by atoms with Gasteiger partial charge in [-0.2, -0.15) is 15.0 Å². The molecule has 3 rings (SSSR count). The second-order valence-corrected chi connectivity index (χ2v) is 7.21. The molecule has 2 amide bonds. The first-order valence-electron chi connectivity index (χ1n) is 8.38. The molecule has 2 aromatic heterocycles. The fourth-order valence-electron chi connectivity index (χ4n) is 2.36. The van der Waals surface area contributed by atoms with E-state index >= 15 is 0 Å². The van der Waals surface area contributed by atoms with Crippen LogP contribution in [0.1, 0.15) is 24.1 Å². The Bertz CT molecular complexity index is 1030. The van der Waals surface area contributed by atoms with Crippen molar-refractivity contribution < 1.29 is 31.9 Å². The number of sulfonamides is 1. The average molecular weight is 426 g/mol. The predicted molar refractivity (Wildman–Crippen MR) is 97.0 cm³/mol. The van der Waals surface area contributed by atoms with Crippen molar-refractivity contribution in [1.29, 1.82) is 0 Å². The van der Waals surface area contributed by atoms with Gasteiger partial charge in [-0.15, -0.1) is 0 Å². The van der Waals surface area contributed by atoms with Crippen LogP contribution >= 0.6 is 0 Å². The quantitative estimate of drug-likeness (QED) is 0.666. The fraction of sp³-hybridized carbons (Fsp3) is 0.400. The zero-order chi connectivity index (χ0) is 21.0. The number of urea groups is 1. The number of anilines is 1. The smallest absolute Gasteiger partial charge is 0.335 e. The van der Waals surface area contributed by atoms with Crippen LogP contribution in [0.15, 0.2) is 20.7 Å². The lowest BCUT2D eigenvalue weighted by atomic mass is 10.3. The maximum atomic E-state index is 12.8. The number of ether oxygens (including phenoxy) is 2. The number of carbonyl (C=O) groups is 1. The summed E-state index contributed by atoms with van der Waals surface area (Å²) in [6.07, 6.45) is 1.61. The van der Waals surface area contributed by atoms with Crippen molar-refractivity contribution >= 4 is 27.9 Å². The Kier molecular flexibility index (Phi) is 5.81. The first kappa shape index (κ1) is 20.3. The highest BCUT2D eigenvalue weighted by atomic mass is 32.2. The SMILES string of the molecule is CCc1nc(NC(=O)NS(=O)(=O)c2c(C3=NOCCO3)coc2C)nc(OC)n1. The van der Waals surface area contributed by atoms with Crippen LogP contribution in [-0.4, -0.2) is 55.6 Å². The number of aromatic nitrogens is 3.